The van der Waals surface area contributed by atoms with Gasteiger partial charge in [0, 0.05) is 15.2 Å². The third-order valence-corrected chi connectivity index (χ3v) is 5.49. The average molecular weight is 320 g/mol. The lowest BCUT2D eigenvalue weighted by Crippen LogP contribution is -2.47. The van der Waals surface area contributed by atoms with E-state index in [-0.39, 0.29) is 20.5 Å². The van der Waals surface area contributed by atoms with Crippen LogP contribution < -0.4 is 0 Å². The number of hydrogen-bond donors (Lipinski definition) is 0. The summed E-state index contributed by atoms with van der Waals surface area (Å²) in [4.78, 5) is -0.291. The molecule has 0 aromatic rings. The highest BCUT2D eigenvalue weighted by molar-refractivity contribution is 9.09. The summed E-state index contributed by atoms with van der Waals surface area (Å²) in [6.45, 7) is 4.05. The number of hydrogen-bond acceptors (Lipinski definition) is 0. The highest BCUT2D eigenvalue weighted by atomic mass is 79.9. The van der Waals surface area contributed by atoms with Crippen LogP contribution in [0.25, 0.3) is 0 Å². The molecule has 1 saturated carbocycles. The zero-order valence-corrected chi connectivity index (χ0v) is 12.1. The van der Waals surface area contributed by atoms with Crippen LogP contribution in [0.5, 0.6) is 0 Å². The third kappa shape index (κ3) is 2.81. The molecule has 4 heteroatoms. The van der Waals surface area contributed by atoms with Gasteiger partial charge in [-0.05, 0) is 32.6 Å². The maximum atomic E-state index is 6.45. The average Bonchev–Trinajstić information content (AvgIpc) is 1.99. The largest absolute Gasteiger partial charge is 0.119 e. The molecule has 1 aliphatic carbocycles. The van der Waals surface area contributed by atoms with Crippen molar-refractivity contribution in [2.75, 3.05) is 0 Å². The van der Waals surface area contributed by atoms with Gasteiger partial charge in [0.25, 0.3) is 0 Å². The first-order valence-corrected chi connectivity index (χ1v) is 6.69. The Hall–Kier alpha value is 1.09. The Balaban J connectivity index is 2.85. The van der Waals surface area contributed by atoms with Crippen molar-refractivity contribution in [3.05, 3.63) is 11.6 Å². The van der Waals surface area contributed by atoms with Crippen LogP contribution in [0.4, 0.5) is 0 Å². The van der Waals surface area contributed by atoms with Gasteiger partial charge in [-0.25, -0.2) is 0 Å². The molecule has 0 unspecified atom stereocenters. The Kier molecular flexibility index (Phi) is 4.26. The van der Waals surface area contributed by atoms with Crippen LogP contribution in [0.2, 0.25) is 0 Å². The summed E-state index contributed by atoms with van der Waals surface area (Å²) in [6.07, 6.45) is 3.64. The summed E-state index contributed by atoms with van der Waals surface area (Å²) in [7, 11) is 0. The monoisotopic (exact) mass is 318 g/mol. The van der Waals surface area contributed by atoms with E-state index in [0.29, 0.717) is 0 Å². The normalized spacial score (nSPS) is 49.9. The Labute approximate surface area is 109 Å². The van der Waals surface area contributed by atoms with Crippen LogP contribution >= 0.6 is 50.7 Å². The van der Waals surface area contributed by atoms with Crippen molar-refractivity contribution in [1.82, 2.24) is 0 Å². The first-order chi connectivity index (χ1) is 6.29. The van der Waals surface area contributed by atoms with E-state index in [1.165, 1.54) is 0 Å². The second kappa shape index (κ2) is 4.53. The standard InChI is InChI=1S/C10H14BrCl3/c1-9(13)6-10(2,14)8(11)5-7(9)3-4-12/h3-4,7-8H,5-6H2,1-2H3/b4-3+/t7-,8+,9-,10-/m1/s1. The van der Waals surface area contributed by atoms with Gasteiger partial charge in [0.15, 0.2) is 0 Å². The molecular formula is C10H14BrCl3. The third-order valence-electron chi connectivity index (χ3n) is 2.88. The minimum Gasteiger partial charge on any atom is -0.119 e. The minimum absolute atomic E-state index is 0.271. The van der Waals surface area contributed by atoms with Crippen molar-refractivity contribution in [1.29, 1.82) is 0 Å². The fourth-order valence-electron chi connectivity index (χ4n) is 2.00. The molecule has 0 bridgehead atoms. The van der Waals surface area contributed by atoms with Crippen LogP contribution in [0.15, 0.2) is 11.6 Å². The van der Waals surface area contributed by atoms with Gasteiger partial charge in [0.2, 0.25) is 0 Å². The lowest BCUT2D eigenvalue weighted by atomic mass is 9.74. The van der Waals surface area contributed by atoms with E-state index in [1.807, 2.05) is 19.9 Å². The molecule has 0 aromatic heterocycles. The zero-order chi connectivity index (χ0) is 11.0. The molecule has 82 valence electrons. The molecule has 14 heavy (non-hydrogen) atoms. The molecule has 0 aliphatic heterocycles. The minimum atomic E-state index is -0.299. The summed E-state index contributed by atoms with van der Waals surface area (Å²) < 4.78 is 0. The smallest absolute Gasteiger partial charge is 0.0560 e. The van der Waals surface area contributed by atoms with Crippen molar-refractivity contribution in [2.45, 2.75) is 41.3 Å². The Morgan fingerprint density at radius 1 is 1.29 bits per heavy atom. The van der Waals surface area contributed by atoms with Gasteiger partial charge in [-0.2, -0.15) is 0 Å². The number of halogens is 4. The second-order valence-corrected chi connectivity index (χ2v) is 7.45. The highest BCUT2D eigenvalue weighted by Gasteiger charge is 2.47. The van der Waals surface area contributed by atoms with E-state index < -0.39 is 0 Å². The summed E-state index contributed by atoms with van der Waals surface area (Å²) >= 11 is 22.0. The van der Waals surface area contributed by atoms with Crippen molar-refractivity contribution < 1.29 is 0 Å². The van der Waals surface area contributed by atoms with E-state index in [1.54, 1.807) is 5.54 Å². The predicted molar refractivity (Wildman–Crippen MR) is 68.9 cm³/mol. The predicted octanol–water partition coefficient (Wildman–Crippen LogP) is 4.91. The molecule has 1 aliphatic rings. The molecule has 0 aromatic carbocycles. The van der Waals surface area contributed by atoms with Gasteiger partial charge in [-0.15, -0.1) is 23.2 Å². The molecule has 0 nitrogen and oxygen atoms in total. The molecule has 0 N–H and O–H groups in total. The SMILES string of the molecule is C[C@@]1(Cl)C[C@@](C)(Cl)[C@@H](Br)C[C@H]1/C=C/Cl. The molecule has 1 fully saturated rings. The van der Waals surface area contributed by atoms with Gasteiger partial charge in [0.1, 0.15) is 0 Å². The maximum absolute atomic E-state index is 6.45. The number of allylic oxidation sites excluding steroid dienone is 1. The van der Waals surface area contributed by atoms with E-state index in [0.717, 1.165) is 12.8 Å². The maximum Gasteiger partial charge on any atom is 0.0560 e. The Bertz CT molecular complexity index is 236. The van der Waals surface area contributed by atoms with Gasteiger partial charge >= 0.3 is 0 Å². The summed E-state index contributed by atoms with van der Waals surface area (Å²) in [5.74, 6) is 0.276. The second-order valence-electron chi connectivity index (χ2n) is 4.36. The molecule has 0 radical (unpaired) electrons. The van der Waals surface area contributed by atoms with Gasteiger partial charge in [0.05, 0.1) is 4.87 Å². The molecular weight excluding hydrogens is 306 g/mol. The number of alkyl halides is 3. The molecule has 4 atom stereocenters. The summed E-state index contributed by atoms with van der Waals surface area (Å²) in [5.41, 5.74) is 1.54. The zero-order valence-electron chi connectivity index (χ0n) is 8.24. The Morgan fingerprint density at radius 3 is 2.36 bits per heavy atom. The number of rotatable bonds is 1. The van der Waals surface area contributed by atoms with Crippen LogP contribution in [0.3, 0.4) is 0 Å². The van der Waals surface area contributed by atoms with Crippen LogP contribution in [-0.2, 0) is 0 Å². The van der Waals surface area contributed by atoms with Gasteiger partial charge < -0.3 is 0 Å². The van der Waals surface area contributed by atoms with Gasteiger partial charge in [-0.1, -0.05) is 33.6 Å². The summed E-state index contributed by atoms with van der Waals surface area (Å²) in [5, 5.41) is 0. The molecule has 0 amide bonds. The van der Waals surface area contributed by atoms with E-state index >= 15 is 0 Å². The van der Waals surface area contributed by atoms with Gasteiger partial charge in [-0.3, -0.25) is 0 Å². The van der Waals surface area contributed by atoms with Crippen molar-refractivity contribution >= 4 is 50.7 Å². The first-order valence-electron chi connectivity index (χ1n) is 4.58. The van der Waals surface area contributed by atoms with Crippen molar-refractivity contribution in [3.63, 3.8) is 0 Å². The van der Waals surface area contributed by atoms with E-state index in [4.69, 9.17) is 34.8 Å². The van der Waals surface area contributed by atoms with E-state index in [9.17, 15) is 0 Å². The molecule has 0 spiro atoms. The fraction of sp³-hybridized carbons (Fsp3) is 0.800. The van der Waals surface area contributed by atoms with Crippen LogP contribution in [0, 0.1) is 5.92 Å². The Morgan fingerprint density at radius 2 is 1.86 bits per heavy atom. The highest BCUT2D eigenvalue weighted by Crippen LogP contribution is 2.49. The summed E-state index contributed by atoms with van der Waals surface area (Å²) in [6, 6.07) is 0. The topological polar surface area (TPSA) is 0 Å². The molecule has 1 rings (SSSR count). The molecule has 0 saturated heterocycles. The van der Waals surface area contributed by atoms with Crippen LogP contribution in [0.1, 0.15) is 26.7 Å². The van der Waals surface area contributed by atoms with Crippen molar-refractivity contribution in [3.8, 4) is 0 Å². The lowest BCUT2D eigenvalue weighted by molar-refractivity contribution is 0.297. The van der Waals surface area contributed by atoms with Crippen molar-refractivity contribution in [2.24, 2.45) is 5.92 Å². The lowest BCUT2D eigenvalue weighted by Gasteiger charge is -2.45. The van der Waals surface area contributed by atoms with E-state index in [2.05, 4.69) is 15.9 Å². The first kappa shape index (κ1) is 13.2. The fourth-order valence-corrected chi connectivity index (χ4v) is 3.61. The quantitative estimate of drug-likeness (QED) is 0.602. The van der Waals surface area contributed by atoms with Crippen LogP contribution in [-0.4, -0.2) is 14.6 Å². The molecule has 0 heterocycles.